The first-order valence-corrected chi connectivity index (χ1v) is 29.7. The van der Waals surface area contributed by atoms with Crippen LogP contribution in [0.4, 0.5) is 0 Å². The summed E-state index contributed by atoms with van der Waals surface area (Å²) in [6, 6.07) is 72.0. The molecule has 0 radical (unpaired) electrons. The van der Waals surface area contributed by atoms with Gasteiger partial charge in [-0.3, -0.25) is 0 Å². The molecular weight excluding hydrogens is 1090 g/mol. The molecule has 0 spiro atoms. The largest absolute Gasteiger partial charge is 0.475 e. The van der Waals surface area contributed by atoms with Gasteiger partial charge in [-0.05, 0) is 132 Å². The monoisotopic (exact) mass is 1160 g/mol. The zero-order valence-electron chi connectivity index (χ0n) is 50.7. The van der Waals surface area contributed by atoms with Gasteiger partial charge in [-0.15, -0.1) is 0 Å². The highest BCUT2D eigenvalue weighted by atomic mass is 16.5. The smallest absolute Gasteiger partial charge is 0.216 e. The van der Waals surface area contributed by atoms with Crippen LogP contribution < -0.4 is 0 Å². The maximum Gasteiger partial charge on any atom is 0.216 e. The summed E-state index contributed by atoms with van der Waals surface area (Å²) in [5.74, 6) is 5.12. The number of aliphatic imine (C=N–C) groups is 4. The fraction of sp³-hybridized carbons (Fsp3) is 0.213. The van der Waals surface area contributed by atoms with E-state index >= 15 is 0 Å². The number of ether oxygens (including phenoxy) is 4. The van der Waals surface area contributed by atoms with Gasteiger partial charge in [0, 0.05) is 55.6 Å². The number of aromatic nitrogens is 5. The minimum Gasteiger partial charge on any atom is -0.475 e. The van der Waals surface area contributed by atoms with Crippen LogP contribution in [0.25, 0.3) is 90.3 Å². The molecule has 0 fully saturated rings. The van der Waals surface area contributed by atoms with Crippen molar-refractivity contribution in [3.8, 4) is 90.3 Å². The summed E-state index contributed by atoms with van der Waals surface area (Å²) in [6.07, 6.45) is 0. The Labute approximate surface area is 513 Å². The standard InChI is InChI=1S/C38H34N4O2.C37H33N5O2/c1-37(2)23-43-35(41-37)30-18-14-28(15-19-30)33-22-32(27-12-10-26(11-13-27)25-8-6-5-7-9-25)39-34(40-33)29-16-20-31(21-17-29)36-42-38(3,4)24-44-36;1-36(2)22-43-34(41-36)29-18-14-27(15-19-29)32-38-31(26-12-10-25(11-13-26)24-8-6-5-7-9-24)39-33(40-32)28-16-20-30(21-17-28)35-42-37(3,4)23-44-35/h5-22H,23-24H2,1-4H3;5-21H,22-23H2,1-4H3. The lowest BCUT2D eigenvalue weighted by molar-refractivity contribution is 0.279. The number of benzene rings is 8. The lowest BCUT2D eigenvalue weighted by Crippen LogP contribution is -2.17. The van der Waals surface area contributed by atoms with Crippen molar-refractivity contribution >= 4 is 23.6 Å². The Morgan fingerprint density at radius 3 is 0.670 bits per heavy atom. The van der Waals surface area contributed by atoms with Crippen molar-refractivity contribution in [2.75, 3.05) is 26.4 Å². The van der Waals surface area contributed by atoms with Gasteiger partial charge in [0.15, 0.2) is 23.3 Å². The number of hydrogen-bond acceptors (Lipinski definition) is 13. The Hall–Kier alpha value is -10.3. The van der Waals surface area contributed by atoms with Crippen LogP contribution in [0.5, 0.6) is 0 Å². The summed E-state index contributed by atoms with van der Waals surface area (Å²) in [5, 5.41) is 0. The van der Waals surface area contributed by atoms with Gasteiger partial charge in [0.2, 0.25) is 23.6 Å². The Bertz CT molecular complexity index is 3840. The third kappa shape index (κ3) is 12.8. The van der Waals surface area contributed by atoms with Crippen LogP contribution in [-0.2, 0) is 18.9 Å². The number of rotatable bonds is 12. The second kappa shape index (κ2) is 23.2. The van der Waals surface area contributed by atoms with Crippen LogP contribution in [-0.4, -0.2) is 97.1 Å². The molecule has 4 aliphatic heterocycles. The third-order valence-electron chi connectivity index (χ3n) is 15.4. The number of hydrogen-bond donors (Lipinski definition) is 0. The lowest BCUT2D eigenvalue weighted by Gasteiger charge is -2.11. The molecule has 88 heavy (non-hydrogen) atoms. The van der Waals surface area contributed by atoms with Crippen molar-refractivity contribution in [1.82, 2.24) is 24.9 Å². The minimum absolute atomic E-state index is 0.206. The average Bonchev–Trinajstić information content (AvgIpc) is 2.57. The lowest BCUT2D eigenvalue weighted by atomic mass is 10.0. The van der Waals surface area contributed by atoms with Gasteiger partial charge < -0.3 is 18.9 Å². The van der Waals surface area contributed by atoms with E-state index in [1.807, 2.05) is 109 Å². The molecule has 0 unspecified atom stereocenters. The Morgan fingerprint density at radius 1 is 0.227 bits per heavy atom. The Kier molecular flexibility index (Phi) is 15.0. The molecule has 10 aromatic rings. The molecule has 13 nitrogen and oxygen atoms in total. The first-order chi connectivity index (χ1) is 42.4. The van der Waals surface area contributed by atoms with Crippen molar-refractivity contribution in [1.29, 1.82) is 0 Å². The van der Waals surface area contributed by atoms with Crippen LogP contribution in [0, 0.1) is 0 Å². The number of nitrogens with zero attached hydrogens (tertiary/aromatic N) is 9. The normalized spacial score (nSPS) is 16.5. The fourth-order valence-corrected chi connectivity index (χ4v) is 10.5. The van der Waals surface area contributed by atoms with E-state index < -0.39 is 0 Å². The Balaban J connectivity index is 0.000000162. The van der Waals surface area contributed by atoms with E-state index in [1.54, 1.807) is 0 Å². The summed E-state index contributed by atoms with van der Waals surface area (Å²) >= 11 is 0. The van der Waals surface area contributed by atoms with Crippen molar-refractivity contribution in [3.63, 3.8) is 0 Å². The molecule has 0 aliphatic carbocycles. The van der Waals surface area contributed by atoms with Gasteiger partial charge in [0.05, 0.1) is 33.5 Å². The minimum atomic E-state index is -0.218. The molecule has 14 rings (SSSR count). The Morgan fingerprint density at radius 2 is 0.432 bits per heavy atom. The van der Waals surface area contributed by atoms with Crippen LogP contribution in [0.1, 0.15) is 77.6 Å². The first kappa shape index (κ1) is 56.8. The van der Waals surface area contributed by atoms with Gasteiger partial charge >= 0.3 is 0 Å². The highest BCUT2D eigenvalue weighted by molar-refractivity contribution is 5.98. The van der Waals surface area contributed by atoms with Crippen LogP contribution in [0.15, 0.2) is 232 Å². The predicted octanol–water partition coefficient (Wildman–Crippen LogP) is 15.9. The van der Waals surface area contributed by atoms with Crippen molar-refractivity contribution in [2.45, 2.75) is 77.5 Å². The predicted molar refractivity (Wildman–Crippen MR) is 352 cm³/mol. The first-order valence-electron chi connectivity index (χ1n) is 29.7. The molecular formula is C75H67N9O4. The zero-order valence-corrected chi connectivity index (χ0v) is 50.7. The van der Waals surface area contributed by atoms with Gasteiger partial charge in [-0.2, -0.15) is 0 Å². The van der Waals surface area contributed by atoms with Crippen LogP contribution >= 0.6 is 0 Å². The molecule has 0 atom stereocenters. The van der Waals surface area contributed by atoms with Crippen molar-refractivity contribution in [3.05, 3.63) is 235 Å². The highest BCUT2D eigenvalue weighted by Crippen LogP contribution is 2.34. The average molecular weight is 1160 g/mol. The molecule has 0 bridgehead atoms. The molecule has 436 valence electrons. The molecule has 13 heteroatoms. The summed E-state index contributed by atoms with van der Waals surface area (Å²) < 4.78 is 23.4. The molecule has 0 amide bonds. The molecule has 6 heterocycles. The summed E-state index contributed by atoms with van der Waals surface area (Å²) in [4.78, 5) is 43.7. The maximum atomic E-state index is 5.86. The van der Waals surface area contributed by atoms with Crippen LogP contribution in [0.2, 0.25) is 0 Å². The molecule has 8 aromatic carbocycles. The van der Waals surface area contributed by atoms with E-state index in [4.69, 9.17) is 63.8 Å². The fourth-order valence-electron chi connectivity index (χ4n) is 10.5. The van der Waals surface area contributed by atoms with Crippen LogP contribution in [0.3, 0.4) is 0 Å². The van der Waals surface area contributed by atoms with E-state index in [2.05, 4.69) is 159 Å². The van der Waals surface area contributed by atoms with Crippen molar-refractivity contribution < 1.29 is 18.9 Å². The van der Waals surface area contributed by atoms with E-state index in [1.165, 1.54) is 5.56 Å². The van der Waals surface area contributed by atoms with Crippen molar-refractivity contribution in [2.24, 2.45) is 20.0 Å². The second-order valence-corrected chi connectivity index (χ2v) is 25.0. The second-order valence-electron chi connectivity index (χ2n) is 25.0. The van der Waals surface area contributed by atoms with Gasteiger partial charge in [0.1, 0.15) is 26.4 Å². The highest BCUT2D eigenvalue weighted by Gasteiger charge is 2.31. The van der Waals surface area contributed by atoms with Gasteiger partial charge in [-0.1, -0.05) is 158 Å². The van der Waals surface area contributed by atoms with Gasteiger partial charge in [-0.25, -0.2) is 44.9 Å². The molecule has 0 N–H and O–H groups in total. The molecule has 0 saturated heterocycles. The topological polar surface area (TPSA) is 151 Å². The van der Waals surface area contributed by atoms with E-state index in [0.29, 0.717) is 73.3 Å². The maximum absolute atomic E-state index is 5.86. The quantitative estimate of drug-likeness (QED) is 0.116. The van der Waals surface area contributed by atoms with E-state index in [-0.39, 0.29) is 22.2 Å². The molecule has 4 aliphatic rings. The van der Waals surface area contributed by atoms with E-state index in [9.17, 15) is 0 Å². The summed E-state index contributed by atoms with van der Waals surface area (Å²) in [6.45, 7) is 18.9. The van der Waals surface area contributed by atoms with E-state index in [0.717, 1.165) is 83.7 Å². The zero-order chi connectivity index (χ0) is 60.6. The van der Waals surface area contributed by atoms with Gasteiger partial charge in [0.25, 0.3) is 0 Å². The summed E-state index contributed by atoms with van der Waals surface area (Å²) in [7, 11) is 0. The molecule has 2 aromatic heterocycles. The molecule has 0 saturated carbocycles. The third-order valence-corrected chi connectivity index (χ3v) is 15.4. The SMILES string of the molecule is CC1(C)COC(c2ccc(-c3cc(-c4ccc(-c5ccccc5)cc4)nc(-c4ccc(C5=NC(C)(C)CO5)cc4)n3)cc2)=N1.CC1(C)COC(c2ccc(-c3nc(-c4ccc(C5=NC(C)(C)CO5)cc4)nc(-c4ccc(-c5ccccc5)cc4)n3)cc2)=N1. The summed E-state index contributed by atoms with van der Waals surface area (Å²) in [5.41, 5.74) is 14.9.